The molecule has 1 aromatic carbocycles. The molecule has 0 spiro atoms. The van der Waals surface area contributed by atoms with E-state index in [-0.39, 0.29) is 22.2 Å². The lowest BCUT2D eigenvalue weighted by Gasteiger charge is -2.28. The van der Waals surface area contributed by atoms with Gasteiger partial charge in [0.15, 0.2) is 11.6 Å². The fourth-order valence-electron chi connectivity index (χ4n) is 3.73. The number of nitrogen functional groups attached to an aromatic ring is 1. The number of alkyl halides is 3. The van der Waals surface area contributed by atoms with Crippen LogP contribution in [-0.4, -0.2) is 36.1 Å². The fraction of sp³-hybridized carbons (Fsp3) is 0.304. The molecule has 1 fully saturated rings. The van der Waals surface area contributed by atoms with Crippen molar-refractivity contribution in [1.82, 2.24) is 15.3 Å². The summed E-state index contributed by atoms with van der Waals surface area (Å²) in [5.74, 6) is 1.14. The standard InChI is InChI=1S/C23H23ClF3N5O/c1-14(18-11-17(24)3-4-19(18)23(25,26)27)33-20-10-16(13-31-22(20)28)15-2-5-21(30-12-15)32-8-6-29-7-9-32/h2-5,10-14,29H,6-9H2,1H3,(H2,28,31)/t14-/m1/s1. The number of benzene rings is 1. The number of hydrogen-bond acceptors (Lipinski definition) is 6. The van der Waals surface area contributed by atoms with Crippen LogP contribution in [0.5, 0.6) is 5.75 Å². The van der Waals surface area contributed by atoms with Crippen LogP contribution in [0.25, 0.3) is 11.1 Å². The van der Waals surface area contributed by atoms with E-state index in [0.717, 1.165) is 43.6 Å². The van der Waals surface area contributed by atoms with E-state index in [9.17, 15) is 13.2 Å². The molecule has 0 amide bonds. The lowest BCUT2D eigenvalue weighted by Crippen LogP contribution is -2.43. The molecule has 1 saturated heterocycles. The van der Waals surface area contributed by atoms with Crippen LogP contribution in [0.15, 0.2) is 48.8 Å². The van der Waals surface area contributed by atoms with Crippen molar-refractivity contribution in [3.05, 3.63) is 64.9 Å². The molecule has 1 aliphatic heterocycles. The van der Waals surface area contributed by atoms with Gasteiger partial charge in [-0.05, 0) is 43.3 Å². The lowest BCUT2D eigenvalue weighted by atomic mass is 10.0. The zero-order valence-corrected chi connectivity index (χ0v) is 18.6. The van der Waals surface area contributed by atoms with E-state index in [4.69, 9.17) is 22.1 Å². The number of anilines is 2. The molecule has 0 unspecified atom stereocenters. The van der Waals surface area contributed by atoms with Gasteiger partial charge >= 0.3 is 6.18 Å². The average Bonchev–Trinajstić information content (AvgIpc) is 2.80. The maximum atomic E-state index is 13.5. The quantitative estimate of drug-likeness (QED) is 0.541. The maximum absolute atomic E-state index is 13.5. The number of ether oxygens (including phenoxy) is 1. The first-order chi connectivity index (χ1) is 15.7. The summed E-state index contributed by atoms with van der Waals surface area (Å²) in [5, 5.41) is 3.49. The third-order valence-electron chi connectivity index (χ3n) is 5.46. The van der Waals surface area contributed by atoms with Gasteiger partial charge in [-0.25, -0.2) is 9.97 Å². The summed E-state index contributed by atoms with van der Waals surface area (Å²) in [6, 6.07) is 8.90. The maximum Gasteiger partial charge on any atom is 0.416 e. The summed E-state index contributed by atoms with van der Waals surface area (Å²) < 4.78 is 46.2. The van der Waals surface area contributed by atoms with Gasteiger partial charge in [0.05, 0.1) is 5.56 Å². The molecule has 0 bridgehead atoms. The van der Waals surface area contributed by atoms with Crippen molar-refractivity contribution in [2.75, 3.05) is 36.8 Å². The van der Waals surface area contributed by atoms with E-state index < -0.39 is 17.8 Å². The van der Waals surface area contributed by atoms with Crippen molar-refractivity contribution >= 4 is 23.2 Å². The third kappa shape index (κ3) is 5.31. The Morgan fingerprint density at radius 2 is 1.79 bits per heavy atom. The first-order valence-electron chi connectivity index (χ1n) is 10.4. The zero-order valence-electron chi connectivity index (χ0n) is 17.9. The van der Waals surface area contributed by atoms with E-state index in [0.29, 0.717) is 5.56 Å². The molecular formula is C23H23ClF3N5O. The molecular weight excluding hydrogens is 455 g/mol. The Kier molecular flexibility index (Phi) is 6.62. The fourth-order valence-corrected chi connectivity index (χ4v) is 3.91. The molecule has 3 heterocycles. The second-order valence-corrected chi connectivity index (χ2v) is 8.18. The molecule has 174 valence electrons. The highest BCUT2D eigenvalue weighted by Crippen LogP contribution is 2.38. The van der Waals surface area contributed by atoms with E-state index in [2.05, 4.69) is 20.2 Å². The Bertz CT molecular complexity index is 1120. The number of nitrogens with one attached hydrogen (secondary N) is 1. The van der Waals surface area contributed by atoms with Crippen LogP contribution in [0.1, 0.15) is 24.2 Å². The summed E-state index contributed by atoms with van der Waals surface area (Å²) in [5.41, 5.74) is 6.54. The zero-order chi connectivity index (χ0) is 23.6. The summed E-state index contributed by atoms with van der Waals surface area (Å²) >= 11 is 5.95. The molecule has 33 heavy (non-hydrogen) atoms. The van der Waals surface area contributed by atoms with E-state index >= 15 is 0 Å². The van der Waals surface area contributed by atoms with E-state index in [1.165, 1.54) is 19.1 Å². The average molecular weight is 478 g/mol. The van der Waals surface area contributed by atoms with Gasteiger partial charge in [-0.15, -0.1) is 0 Å². The highest BCUT2D eigenvalue weighted by molar-refractivity contribution is 6.30. The van der Waals surface area contributed by atoms with Gasteiger partial charge in [0, 0.05) is 60.3 Å². The van der Waals surface area contributed by atoms with Crippen molar-refractivity contribution in [1.29, 1.82) is 0 Å². The Morgan fingerprint density at radius 3 is 2.45 bits per heavy atom. The number of nitrogens with zero attached hydrogens (tertiary/aromatic N) is 3. The Morgan fingerprint density at radius 1 is 1.06 bits per heavy atom. The molecule has 0 saturated carbocycles. The van der Waals surface area contributed by atoms with E-state index in [1.807, 2.05) is 12.1 Å². The molecule has 4 rings (SSSR count). The van der Waals surface area contributed by atoms with Gasteiger partial charge in [-0.3, -0.25) is 0 Å². The minimum Gasteiger partial charge on any atom is -0.482 e. The Hall–Kier alpha value is -3.04. The van der Waals surface area contributed by atoms with Crippen LogP contribution in [0.4, 0.5) is 24.8 Å². The third-order valence-corrected chi connectivity index (χ3v) is 5.70. The molecule has 10 heteroatoms. The van der Waals surface area contributed by atoms with Gasteiger partial charge < -0.3 is 20.7 Å². The van der Waals surface area contributed by atoms with E-state index in [1.54, 1.807) is 18.5 Å². The Labute approximate surface area is 194 Å². The van der Waals surface area contributed by atoms with Crippen LogP contribution < -0.4 is 20.7 Å². The van der Waals surface area contributed by atoms with Gasteiger partial charge in [0.1, 0.15) is 11.9 Å². The predicted octanol–water partition coefficient (Wildman–Crippen LogP) is 4.95. The predicted molar refractivity (Wildman–Crippen MR) is 122 cm³/mol. The van der Waals surface area contributed by atoms with Crippen LogP contribution in [0, 0.1) is 0 Å². The SMILES string of the molecule is C[C@@H](Oc1cc(-c2ccc(N3CCNCC3)nc2)cnc1N)c1cc(Cl)ccc1C(F)(F)F. The van der Waals surface area contributed by atoms with Crippen molar-refractivity contribution in [2.24, 2.45) is 0 Å². The summed E-state index contributed by atoms with van der Waals surface area (Å²) in [6.45, 7) is 5.10. The van der Waals surface area contributed by atoms with Crippen molar-refractivity contribution in [3.63, 3.8) is 0 Å². The second-order valence-electron chi connectivity index (χ2n) is 7.74. The summed E-state index contributed by atoms with van der Waals surface area (Å²) in [7, 11) is 0. The molecule has 2 aromatic heterocycles. The number of nitrogens with two attached hydrogens (primary N) is 1. The van der Waals surface area contributed by atoms with Crippen LogP contribution >= 0.6 is 11.6 Å². The second kappa shape index (κ2) is 9.44. The van der Waals surface area contributed by atoms with Crippen LogP contribution in [-0.2, 0) is 6.18 Å². The molecule has 1 atom stereocenters. The normalized spacial score (nSPS) is 15.4. The first kappa shape index (κ1) is 23.1. The van der Waals surface area contributed by atoms with Crippen molar-refractivity contribution < 1.29 is 17.9 Å². The van der Waals surface area contributed by atoms with Crippen LogP contribution in [0.3, 0.4) is 0 Å². The highest BCUT2D eigenvalue weighted by Gasteiger charge is 2.35. The van der Waals surface area contributed by atoms with Gasteiger partial charge in [0.2, 0.25) is 0 Å². The number of rotatable bonds is 5. The molecule has 6 nitrogen and oxygen atoms in total. The number of pyridine rings is 2. The molecule has 3 N–H and O–H groups in total. The summed E-state index contributed by atoms with van der Waals surface area (Å²) in [6.07, 6.45) is -2.19. The smallest absolute Gasteiger partial charge is 0.416 e. The molecule has 3 aromatic rings. The lowest BCUT2D eigenvalue weighted by molar-refractivity contribution is -0.138. The Balaban J connectivity index is 1.58. The molecule has 1 aliphatic rings. The highest BCUT2D eigenvalue weighted by atomic mass is 35.5. The molecule has 0 radical (unpaired) electrons. The number of piperazine rings is 1. The first-order valence-corrected chi connectivity index (χ1v) is 10.8. The topological polar surface area (TPSA) is 76.3 Å². The largest absolute Gasteiger partial charge is 0.482 e. The minimum atomic E-state index is -4.54. The van der Waals surface area contributed by atoms with Gasteiger partial charge in [0.25, 0.3) is 0 Å². The number of halogens is 4. The van der Waals surface area contributed by atoms with Crippen molar-refractivity contribution in [3.8, 4) is 16.9 Å². The van der Waals surface area contributed by atoms with Crippen LogP contribution in [0.2, 0.25) is 5.02 Å². The van der Waals surface area contributed by atoms with Crippen molar-refractivity contribution in [2.45, 2.75) is 19.2 Å². The minimum absolute atomic E-state index is 0.0755. The molecule has 0 aliphatic carbocycles. The van der Waals surface area contributed by atoms with Gasteiger partial charge in [-0.1, -0.05) is 11.6 Å². The number of aromatic nitrogens is 2. The summed E-state index contributed by atoms with van der Waals surface area (Å²) in [4.78, 5) is 10.9. The monoisotopic (exact) mass is 477 g/mol. The number of hydrogen-bond donors (Lipinski definition) is 2. The van der Waals surface area contributed by atoms with Gasteiger partial charge in [-0.2, -0.15) is 13.2 Å².